The van der Waals surface area contributed by atoms with Crippen LogP contribution in [-0.4, -0.2) is 28.3 Å². The van der Waals surface area contributed by atoms with Gasteiger partial charge in [-0.05, 0) is 12.1 Å². The summed E-state index contributed by atoms with van der Waals surface area (Å²) in [6, 6.07) is 4.69. The number of furan rings is 1. The van der Waals surface area contributed by atoms with E-state index in [0.717, 1.165) is 0 Å². The summed E-state index contributed by atoms with van der Waals surface area (Å²) >= 11 is 0. The Bertz CT molecular complexity index is 576. The molecule has 20 heavy (non-hydrogen) atoms. The molecule has 2 aromatic heterocycles. The van der Waals surface area contributed by atoms with Crippen LogP contribution in [0.1, 0.15) is 5.76 Å². The Kier molecular flexibility index (Phi) is 4.38. The van der Waals surface area contributed by atoms with E-state index in [1.807, 2.05) is 0 Å². The van der Waals surface area contributed by atoms with E-state index in [9.17, 15) is 9.59 Å². The second-order valence-corrected chi connectivity index (χ2v) is 4.04. The molecule has 0 aliphatic heterocycles. The average Bonchev–Trinajstić information content (AvgIpc) is 3.06. The Morgan fingerprint density at radius 1 is 1.35 bits per heavy atom. The van der Waals surface area contributed by atoms with E-state index in [2.05, 4.69) is 21.0 Å². The molecule has 106 valence electrons. The molecule has 2 rings (SSSR count). The fraction of sp³-hybridized carbons (Fsp3) is 0.250. The quantitative estimate of drug-likeness (QED) is 0.738. The summed E-state index contributed by atoms with van der Waals surface area (Å²) in [5, 5.41) is 11.5. The number of nitrogens with one attached hydrogen (secondary N) is 3. The van der Waals surface area contributed by atoms with E-state index in [4.69, 9.17) is 4.42 Å². The summed E-state index contributed by atoms with van der Waals surface area (Å²) < 4.78 is 6.63. The molecule has 0 aliphatic rings. The van der Waals surface area contributed by atoms with Gasteiger partial charge in [-0.1, -0.05) is 0 Å². The fourth-order valence-corrected chi connectivity index (χ4v) is 1.47. The van der Waals surface area contributed by atoms with E-state index >= 15 is 0 Å². The SMILES string of the molecule is Cn1ccc(NC(=O)CNC(=O)NCc2ccco2)n1. The highest BCUT2D eigenvalue weighted by molar-refractivity contribution is 5.93. The Hall–Kier alpha value is -2.77. The second kappa shape index (κ2) is 6.41. The van der Waals surface area contributed by atoms with Crippen molar-refractivity contribution in [2.45, 2.75) is 6.54 Å². The summed E-state index contributed by atoms with van der Waals surface area (Å²) in [4.78, 5) is 23.0. The molecule has 0 bridgehead atoms. The standard InChI is InChI=1S/C12H15N5O3/c1-17-5-4-10(16-17)15-11(18)8-14-12(19)13-7-9-3-2-6-20-9/h2-6H,7-8H2,1H3,(H2,13,14,19)(H,15,16,18). The maximum atomic E-state index is 11.5. The van der Waals surface area contributed by atoms with E-state index < -0.39 is 6.03 Å². The Balaban J connectivity index is 1.66. The average molecular weight is 277 g/mol. The van der Waals surface area contributed by atoms with Crippen molar-refractivity contribution in [1.29, 1.82) is 0 Å². The van der Waals surface area contributed by atoms with Gasteiger partial charge < -0.3 is 20.4 Å². The molecule has 0 saturated heterocycles. The zero-order chi connectivity index (χ0) is 14.4. The Morgan fingerprint density at radius 3 is 2.85 bits per heavy atom. The molecular formula is C12H15N5O3. The van der Waals surface area contributed by atoms with Crippen molar-refractivity contribution in [3.8, 4) is 0 Å². The maximum absolute atomic E-state index is 11.5. The first-order chi connectivity index (χ1) is 9.63. The molecule has 0 spiro atoms. The lowest BCUT2D eigenvalue weighted by molar-refractivity contribution is -0.115. The number of nitrogens with zero attached hydrogens (tertiary/aromatic N) is 2. The molecule has 0 atom stereocenters. The highest BCUT2D eigenvalue weighted by Gasteiger charge is 2.07. The van der Waals surface area contributed by atoms with E-state index in [1.165, 1.54) is 6.26 Å². The van der Waals surface area contributed by atoms with Crippen molar-refractivity contribution in [2.75, 3.05) is 11.9 Å². The van der Waals surface area contributed by atoms with Crippen molar-refractivity contribution >= 4 is 17.8 Å². The van der Waals surface area contributed by atoms with Gasteiger partial charge in [-0.3, -0.25) is 9.48 Å². The van der Waals surface area contributed by atoms with Crippen LogP contribution in [0.4, 0.5) is 10.6 Å². The number of carbonyl (C=O) groups excluding carboxylic acids is 2. The van der Waals surface area contributed by atoms with Crippen LogP contribution in [0.2, 0.25) is 0 Å². The fourth-order valence-electron chi connectivity index (χ4n) is 1.47. The zero-order valence-electron chi connectivity index (χ0n) is 10.9. The third-order valence-corrected chi connectivity index (χ3v) is 2.39. The van der Waals surface area contributed by atoms with Crippen molar-refractivity contribution in [1.82, 2.24) is 20.4 Å². The molecule has 0 unspecified atom stereocenters. The number of amides is 3. The van der Waals surface area contributed by atoms with Crippen LogP contribution < -0.4 is 16.0 Å². The molecule has 8 heteroatoms. The third kappa shape index (κ3) is 4.16. The van der Waals surface area contributed by atoms with Crippen LogP contribution in [0.3, 0.4) is 0 Å². The van der Waals surface area contributed by atoms with E-state index in [-0.39, 0.29) is 19.0 Å². The predicted molar refractivity (Wildman–Crippen MR) is 70.8 cm³/mol. The molecule has 2 aromatic rings. The molecule has 2 heterocycles. The lowest BCUT2D eigenvalue weighted by Gasteiger charge is -2.06. The van der Waals surface area contributed by atoms with Gasteiger partial charge in [0.05, 0.1) is 19.4 Å². The molecule has 0 radical (unpaired) electrons. The highest BCUT2D eigenvalue weighted by atomic mass is 16.3. The number of rotatable bonds is 5. The number of hydrogen-bond acceptors (Lipinski definition) is 4. The second-order valence-electron chi connectivity index (χ2n) is 4.04. The monoisotopic (exact) mass is 277 g/mol. The maximum Gasteiger partial charge on any atom is 0.315 e. The number of hydrogen-bond donors (Lipinski definition) is 3. The summed E-state index contributed by atoms with van der Waals surface area (Å²) in [7, 11) is 1.75. The van der Waals surface area contributed by atoms with Gasteiger partial charge in [0.15, 0.2) is 5.82 Å². The Labute approximate surface area is 115 Å². The van der Waals surface area contributed by atoms with Crippen molar-refractivity contribution in [2.24, 2.45) is 7.05 Å². The smallest absolute Gasteiger partial charge is 0.315 e. The van der Waals surface area contributed by atoms with Gasteiger partial charge in [0.2, 0.25) is 5.91 Å². The minimum absolute atomic E-state index is 0.138. The number of carbonyl (C=O) groups is 2. The first-order valence-corrected chi connectivity index (χ1v) is 5.97. The van der Waals surface area contributed by atoms with Gasteiger partial charge in [0.1, 0.15) is 5.76 Å². The van der Waals surface area contributed by atoms with Crippen LogP contribution in [0.25, 0.3) is 0 Å². The van der Waals surface area contributed by atoms with Gasteiger partial charge in [-0.25, -0.2) is 4.79 Å². The van der Waals surface area contributed by atoms with Crippen molar-refractivity contribution in [3.05, 3.63) is 36.4 Å². The van der Waals surface area contributed by atoms with Gasteiger partial charge >= 0.3 is 6.03 Å². The molecule has 0 aliphatic carbocycles. The van der Waals surface area contributed by atoms with Gasteiger partial charge in [0, 0.05) is 19.3 Å². The Morgan fingerprint density at radius 2 is 2.20 bits per heavy atom. The first kappa shape index (κ1) is 13.7. The van der Waals surface area contributed by atoms with Crippen LogP contribution in [0.15, 0.2) is 35.1 Å². The lowest BCUT2D eigenvalue weighted by Crippen LogP contribution is -2.39. The molecule has 8 nitrogen and oxygen atoms in total. The normalized spacial score (nSPS) is 10.1. The number of aromatic nitrogens is 2. The topological polar surface area (TPSA) is 101 Å². The zero-order valence-corrected chi connectivity index (χ0v) is 10.9. The molecule has 0 fully saturated rings. The summed E-state index contributed by atoms with van der Waals surface area (Å²) in [5.74, 6) is 0.727. The first-order valence-electron chi connectivity index (χ1n) is 5.97. The molecule has 0 saturated carbocycles. The molecule has 3 N–H and O–H groups in total. The minimum atomic E-state index is -0.447. The summed E-state index contributed by atoms with van der Waals surface area (Å²) in [6.07, 6.45) is 3.23. The van der Waals surface area contributed by atoms with Gasteiger partial charge in [-0.15, -0.1) is 0 Å². The van der Waals surface area contributed by atoms with E-state index in [0.29, 0.717) is 11.6 Å². The van der Waals surface area contributed by atoms with Crippen molar-refractivity contribution in [3.63, 3.8) is 0 Å². The highest BCUT2D eigenvalue weighted by Crippen LogP contribution is 2.00. The summed E-state index contributed by atoms with van der Waals surface area (Å²) in [5.41, 5.74) is 0. The van der Waals surface area contributed by atoms with Crippen LogP contribution in [0, 0.1) is 0 Å². The van der Waals surface area contributed by atoms with Gasteiger partial charge in [-0.2, -0.15) is 5.10 Å². The molecule has 0 aromatic carbocycles. The predicted octanol–water partition coefficient (Wildman–Crippen LogP) is 0.451. The number of urea groups is 1. The minimum Gasteiger partial charge on any atom is -0.467 e. The number of anilines is 1. The van der Waals surface area contributed by atoms with E-state index in [1.54, 1.807) is 36.1 Å². The van der Waals surface area contributed by atoms with Crippen LogP contribution in [0.5, 0.6) is 0 Å². The molecular weight excluding hydrogens is 262 g/mol. The molecule has 3 amide bonds. The van der Waals surface area contributed by atoms with Crippen molar-refractivity contribution < 1.29 is 14.0 Å². The van der Waals surface area contributed by atoms with Crippen LogP contribution in [-0.2, 0) is 18.4 Å². The summed E-state index contributed by atoms with van der Waals surface area (Å²) in [6.45, 7) is 0.126. The largest absolute Gasteiger partial charge is 0.467 e. The van der Waals surface area contributed by atoms with Crippen LogP contribution >= 0.6 is 0 Å². The number of aryl methyl sites for hydroxylation is 1. The lowest BCUT2D eigenvalue weighted by atomic mass is 10.4. The third-order valence-electron chi connectivity index (χ3n) is 2.39. The van der Waals surface area contributed by atoms with Gasteiger partial charge in [0.25, 0.3) is 0 Å².